The third-order valence-electron chi connectivity index (χ3n) is 3.45. The number of benzene rings is 1. The number of ether oxygens (including phenoxy) is 1. The first-order valence-electron chi connectivity index (χ1n) is 7.74. The van der Waals surface area contributed by atoms with Crippen LogP contribution in [0.25, 0.3) is 0 Å². The van der Waals surface area contributed by atoms with Gasteiger partial charge in [0.15, 0.2) is 0 Å². The van der Waals surface area contributed by atoms with Crippen molar-refractivity contribution in [2.45, 2.75) is 53.0 Å². The summed E-state index contributed by atoms with van der Waals surface area (Å²) in [6.45, 7) is 10.1. The van der Waals surface area contributed by atoms with Crippen LogP contribution >= 0.6 is 0 Å². The summed E-state index contributed by atoms with van der Waals surface area (Å²) in [7, 11) is 0. The number of rotatable bonds is 9. The predicted octanol–water partition coefficient (Wildman–Crippen LogP) is 4.70. The van der Waals surface area contributed by atoms with Crippen molar-refractivity contribution >= 4 is 0 Å². The first kappa shape index (κ1) is 17.0. The molecule has 1 rings (SSSR count). The maximum Gasteiger partial charge on any atom is 0.126 e. The predicted molar refractivity (Wildman–Crippen MR) is 82.7 cm³/mol. The topological polar surface area (TPSA) is 21.3 Å². The molecule has 0 aliphatic rings. The van der Waals surface area contributed by atoms with Crippen molar-refractivity contribution in [1.82, 2.24) is 5.32 Å². The van der Waals surface area contributed by atoms with E-state index in [2.05, 4.69) is 33.0 Å². The van der Waals surface area contributed by atoms with Gasteiger partial charge in [-0.25, -0.2) is 4.39 Å². The second-order valence-corrected chi connectivity index (χ2v) is 5.56. The van der Waals surface area contributed by atoms with E-state index in [-0.39, 0.29) is 11.9 Å². The maximum absolute atomic E-state index is 13.4. The van der Waals surface area contributed by atoms with Crippen molar-refractivity contribution in [2.24, 2.45) is 5.92 Å². The highest BCUT2D eigenvalue weighted by Crippen LogP contribution is 2.27. The van der Waals surface area contributed by atoms with Gasteiger partial charge in [-0.3, -0.25) is 0 Å². The summed E-state index contributed by atoms with van der Waals surface area (Å²) >= 11 is 0. The van der Waals surface area contributed by atoms with E-state index in [9.17, 15) is 4.39 Å². The van der Waals surface area contributed by atoms with Crippen LogP contribution in [0, 0.1) is 11.7 Å². The lowest BCUT2D eigenvalue weighted by Crippen LogP contribution is -2.20. The van der Waals surface area contributed by atoms with Crippen LogP contribution in [0.3, 0.4) is 0 Å². The minimum Gasteiger partial charge on any atom is -0.493 e. The van der Waals surface area contributed by atoms with E-state index in [0.29, 0.717) is 18.3 Å². The number of nitrogens with one attached hydrogen (secondary N) is 1. The molecule has 1 aromatic carbocycles. The summed E-state index contributed by atoms with van der Waals surface area (Å²) < 4.78 is 19.3. The fraction of sp³-hybridized carbons (Fsp3) is 0.647. The van der Waals surface area contributed by atoms with Gasteiger partial charge in [0.05, 0.1) is 6.61 Å². The molecule has 0 bridgehead atoms. The summed E-state index contributed by atoms with van der Waals surface area (Å²) in [6, 6.07) is 4.99. The number of halogens is 1. The Kier molecular flexibility index (Phi) is 7.60. The molecule has 20 heavy (non-hydrogen) atoms. The Morgan fingerprint density at radius 1 is 1.20 bits per heavy atom. The van der Waals surface area contributed by atoms with Gasteiger partial charge in [-0.2, -0.15) is 0 Å². The normalized spacial score (nSPS) is 14.1. The van der Waals surface area contributed by atoms with Gasteiger partial charge in [-0.1, -0.05) is 33.3 Å². The van der Waals surface area contributed by atoms with Crippen molar-refractivity contribution in [3.8, 4) is 5.75 Å². The third-order valence-corrected chi connectivity index (χ3v) is 3.45. The minimum atomic E-state index is -0.241. The standard InChI is InChI=1S/C17H28FNO/c1-5-7-13(3)12-20-17-11-15(18)8-9-16(17)14(4)19-10-6-2/h8-9,11,13-14,19H,5-7,10,12H2,1-4H3. The third kappa shape index (κ3) is 5.49. The lowest BCUT2D eigenvalue weighted by molar-refractivity contribution is 0.246. The van der Waals surface area contributed by atoms with Gasteiger partial charge in [0.2, 0.25) is 0 Å². The van der Waals surface area contributed by atoms with E-state index < -0.39 is 0 Å². The maximum atomic E-state index is 13.4. The molecule has 1 N–H and O–H groups in total. The fourth-order valence-electron chi connectivity index (χ4n) is 2.27. The average Bonchev–Trinajstić information content (AvgIpc) is 2.43. The van der Waals surface area contributed by atoms with Crippen molar-refractivity contribution in [1.29, 1.82) is 0 Å². The van der Waals surface area contributed by atoms with E-state index in [1.165, 1.54) is 12.1 Å². The number of hydrogen-bond acceptors (Lipinski definition) is 2. The molecule has 2 nitrogen and oxygen atoms in total. The van der Waals surface area contributed by atoms with E-state index in [1.807, 2.05) is 6.07 Å². The van der Waals surface area contributed by atoms with Gasteiger partial charge in [0.1, 0.15) is 11.6 Å². The molecule has 0 fully saturated rings. The molecule has 0 saturated heterocycles. The van der Waals surface area contributed by atoms with Crippen molar-refractivity contribution < 1.29 is 9.13 Å². The molecule has 0 saturated carbocycles. The molecule has 0 aromatic heterocycles. The van der Waals surface area contributed by atoms with Gasteiger partial charge >= 0.3 is 0 Å². The quantitative estimate of drug-likeness (QED) is 0.708. The Hall–Kier alpha value is -1.09. The molecule has 0 spiro atoms. The van der Waals surface area contributed by atoms with Crippen LogP contribution < -0.4 is 10.1 Å². The summed E-state index contributed by atoms with van der Waals surface area (Å²) in [6.07, 6.45) is 3.36. The highest BCUT2D eigenvalue weighted by atomic mass is 19.1. The largest absolute Gasteiger partial charge is 0.493 e. The monoisotopic (exact) mass is 281 g/mol. The molecule has 0 aliphatic carbocycles. The Labute approximate surface area is 122 Å². The first-order valence-corrected chi connectivity index (χ1v) is 7.74. The van der Waals surface area contributed by atoms with Gasteiger partial charge in [0, 0.05) is 17.7 Å². The highest BCUT2D eigenvalue weighted by Gasteiger charge is 2.13. The second kappa shape index (κ2) is 8.96. The van der Waals surface area contributed by atoms with Crippen LogP contribution in [0.15, 0.2) is 18.2 Å². The minimum absolute atomic E-state index is 0.173. The molecule has 0 heterocycles. The van der Waals surface area contributed by atoms with E-state index >= 15 is 0 Å². The summed E-state index contributed by atoms with van der Waals surface area (Å²) in [5.74, 6) is 0.925. The zero-order valence-corrected chi connectivity index (χ0v) is 13.2. The molecular formula is C17H28FNO. The lowest BCUT2D eigenvalue weighted by atomic mass is 10.1. The summed E-state index contributed by atoms with van der Waals surface area (Å²) in [5, 5.41) is 3.42. The zero-order valence-electron chi connectivity index (χ0n) is 13.2. The Bertz CT molecular complexity index is 395. The van der Waals surface area contributed by atoms with Gasteiger partial charge < -0.3 is 10.1 Å². The smallest absolute Gasteiger partial charge is 0.126 e. The highest BCUT2D eigenvalue weighted by molar-refractivity contribution is 5.36. The van der Waals surface area contributed by atoms with Crippen LogP contribution in [0.1, 0.15) is 58.6 Å². The lowest BCUT2D eigenvalue weighted by Gasteiger charge is -2.20. The van der Waals surface area contributed by atoms with Crippen LogP contribution in [0.4, 0.5) is 4.39 Å². The van der Waals surface area contributed by atoms with Crippen LogP contribution in [0.2, 0.25) is 0 Å². The van der Waals surface area contributed by atoms with Crippen LogP contribution in [-0.2, 0) is 0 Å². The first-order chi connectivity index (χ1) is 9.58. The van der Waals surface area contributed by atoms with Crippen LogP contribution in [0.5, 0.6) is 5.75 Å². The van der Waals surface area contributed by atoms with Crippen LogP contribution in [-0.4, -0.2) is 13.2 Å². The fourth-order valence-corrected chi connectivity index (χ4v) is 2.27. The number of hydrogen-bond donors (Lipinski definition) is 1. The molecular weight excluding hydrogens is 253 g/mol. The van der Waals surface area contributed by atoms with Crippen molar-refractivity contribution in [3.63, 3.8) is 0 Å². The molecule has 0 radical (unpaired) electrons. The van der Waals surface area contributed by atoms with Gasteiger partial charge in [-0.15, -0.1) is 0 Å². The molecule has 3 heteroatoms. The average molecular weight is 281 g/mol. The molecule has 0 aliphatic heterocycles. The van der Waals surface area contributed by atoms with Crippen molar-refractivity contribution in [3.05, 3.63) is 29.6 Å². The molecule has 0 amide bonds. The van der Waals surface area contributed by atoms with Crippen molar-refractivity contribution in [2.75, 3.05) is 13.2 Å². The summed E-state index contributed by atoms with van der Waals surface area (Å²) in [5.41, 5.74) is 1.03. The Morgan fingerprint density at radius 2 is 1.95 bits per heavy atom. The Morgan fingerprint density at radius 3 is 2.60 bits per heavy atom. The second-order valence-electron chi connectivity index (χ2n) is 5.56. The zero-order chi connectivity index (χ0) is 15.0. The van der Waals surface area contributed by atoms with E-state index in [0.717, 1.165) is 31.4 Å². The van der Waals surface area contributed by atoms with E-state index in [1.54, 1.807) is 0 Å². The van der Waals surface area contributed by atoms with E-state index in [4.69, 9.17) is 4.74 Å². The summed E-state index contributed by atoms with van der Waals surface area (Å²) in [4.78, 5) is 0. The Balaban J connectivity index is 2.74. The van der Waals surface area contributed by atoms with Gasteiger partial charge in [-0.05, 0) is 38.3 Å². The SMILES string of the molecule is CCCNC(C)c1ccc(F)cc1OCC(C)CCC. The molecule has 2 atom stereocenters. The molecule has 2 unspecified atom stereocenters. The molecule has 1 aromatic rings. The van der Waals surface area contributed by atoms with Gasteiger partial charge in [0.25, 0.3) is 0 Å². The molecule has 114 valence electrons.